The lowest BCUT2D eigenvalue weighted by molar-refractivity contribution is 0.0600. The highest BCUT2D eigenvalue weighted by atomic mass is 16.5. The van der Waals surface area contributed by atoms with E-state index in [1.807, 2.05) is 157 Å². The Bertz CT molecular complexity index is 1940. The van der Waals surface area contributed by atoms with Gasteiger partial charge in [0.05, 0.1) is 29.2 Å². The minimum Gasteiger partial charge on any atom is -0.465 e. The Hall–Kier alpha value is -6.85. The highest BCUT2D eigenvalue weighted by Gasteiger charge is 2.04. The molecule has 0 spiro atoms. The van der Waals surface area contributed by atoms with Crippen molar-refractivity contribution in [1.29, 1.82) is 0 Å². The van der Waals surface area contributed by atoms with E-state index in [0.29, 0.717) is 11.1 Å². The van der Waals surface area contributed by atoms with Gasteiger partial charge in [-0.25, -0.2) is 10.3 Å². The molecule has 0 aliphatic carbocycles. The minimum absolute atomic E-state index is 0.295. The Labute approximate surface area is 354 Å². The maximum Gasteiger partial charge on any atom is 0.337 e. The van der Waals surface area contributed by atoms with Gasteiger partial charge >= 0.3 is 5.97 Å². The number of benzene rings is 5. The summed E-state index contributed by atoms with van der Waals surface area (Å²) in [7, 11) is 5.12. The number of hydrogen-bond donors (Lipinski definition) is 4. The van der Waals surface area contributed by atoms with E-state index in [2.05, 4.69) is 66.7 Å². The first-order chi connectivity index (χ1) is 29.4. The van der Waals surface area contributed by atoms with Crippen LogP contribution >= 0.6 is 0 Å². The topological polar surface area (TPSA) is 138 Å². The van der Waals surface area contributed by atoms with E-state index in [0.717, 1.165) is 40.8 Å². The van der Waals surface area contributed by atoms with Crippen molar-refractivity contribution in [2.24, 2.45) is 0 Å². The lowest BCUT2D eigenvalue weighted by Gasteiger charge is -2.01. The van der Waals surface area contributed by atoms with Gasteiger partial charge < -0.3 is 15.4 Å². The summed E-state index contributed by atoms with van der Waals surface area (Å²) in [4.78, 5) is 34.5. The van der Waals surface area contributed by atoms with E-state index in [9.17, 15) is 9.59 Å². The van der Waals surface area contributed by atoms with Crippen LogP contribution in [0, 0.1) is 0 Å². The van der Waals surface area contributed by atoms with Gasteiger partial charge in [-0.3, -0.25) is 25.0 Å². The number of carbonyl (C=O) groups is 2. The summed E-state index contributed by atoms with van der Waals surface area (Å²) in [6.45, 7) is 9.57. The summed E-state index contributed by atoms with van der Waals surface area (Å²) in [5.41, 5.74) is 8.03. The molecule has 0 unspecified atom stereocenters. The molecule has 0 atom stereocenters. The number of esters is 1. The molecule has 60 heavy (non-hydrogen) atoms. The molecule has 0 aliphatic heterocycles. The molecule has 0 radical (unpaired) electrons. The maximum absolute atomic E-state index is 11.0. The second kappa shape index (κ2) is 30.3. The summed E-state index contributed by atoms with van der Waals surface area (Å²) in [5, 5.41) is 18.0. The van der Waals surface area contributed by atoms with Crippen LogP contribution in [0.15, 0.2) is 176 Å². The number of hydrogen-bond acceptors (Lipinski definition) is 9. The van der Waals surface area contributed by atoms with Gasteiger partial charge in [0, 0.05) is 53.4 Å². The largest absolute Gasteiger partial charge is 0.465 e. The first-order valence-electron chi connectivity index (χ1n) is 19.8. The van der Waals surface area contributed by atoms with Crippen LogP contribution in [0.1, 0.15) is 59.5 Å². The van der Waals surface area contributed by atoms with Crippen molar-refractivity contribution >= 4 is 44.6 Å². The van der Waals surface area contributed by atoms with Crippen molar-refractivity contribution in [1.82, 2.24) is 31.1 Å². The molecule has 8 rings (SSSR count). The van der Waals surface area contributed by atoms with Crippen LogP contribution in [0.2, 0.25) is 0 Å². The van der Waals surface area contributed by atoms with Gasteiger partial charge in [0.1, 0.15) is 0 Å². The number of nitrogens with one attached hydrogen (secondary N) is 3. The Morgan fingerprint density at radius 3 is 1.10 bits per heavy atom. The predicted octanol–water partition coefficient (Wildman–Crippen LogP) is 10.5. The number of fused-ring (bicyclic) bond motifs is 3. The third-order valence-corrected chi connectivity index (χ3v) is 7.99. The number of rotatable bonds is 6. The molecule has 0 saturated carbocycles. The average molecular weight is 807 g/mol. The SMILES string of the molecule is CC.CC.CNCc1ccc(C(=O)NO)cc1.CNCc1ccc(C(=O)OC)cc1.c1ccc2ncccc2c1.c1ccc2ncccc2c1.c1ccc2ncccc2c1. The summed E-state index contributed by atoms with van der Waals surface area (Å²) in [6.07, 6.45) is 5.42. The summed E-state index contributed by atoms with van der Waals surface area (Å²) in [5.74, 6) is -0.785. The number of ether oxygens (including phenoxy) is 1. The van der Waals surface area contributed by atoms with Crippen molar-refractivity contribution in [2.75, 3.05) is 21.2 Å². The van der Waals surface area contributed by atoms with Crippen molar-refractivity contribution in [3.63, 3.8) is 0 Å². The van der Waals surface area contributed by atoms with E-state index in [-0.39, 0.29) is 5.97 Å². The summed E-state index contributed by atoms with van der Waals surface area (Å²) in [6, 6.07) is 50.6. The molecular weight excluding hydrogens is 749 g/mol. The molecule has 4 N–H and O–H groups in total. The van der Waals surface area contributed by atoms with Crippen LogP contribution in [0.4, 0.5) is 0 Å². The molecule has 10 heteroatoms. The Balaban J connectivity index is 0.000000254. The number of hydroxylamine groups is 1. The molecule has 1 amide bonds. The van der Waals surface area contributed by atoms with Gasteiger partial charge in [-0.15, -0.1) is 0 Å². The van der Waals surface area contributed by atoms with E-state index < -0.39 is 5.91 Å². The van der Waals surface area contributed by atoms with Crippen molar-refractivity contribution < 1.29 is 19.5 Å². The zero-order chi connectivity index (χ0) is 43.8. The fourth-order valence-electron chi connectivity index (χ4n) is 5.17. The number of para-hydroxylation sites is 3. The van der Waals surface area contributed by atoms with Crippen LogP contribution in [0.5, 0.6) is 0 Å². The average Bonchev–Trinajstić information content (AvgIpc) is 3.34. The number of pyridine rings is 3. The monoisotopic (exact) mass is 806 g/mol. The van der Waals surface area contributed by atoms with Crippen molar-refractivity contribution in [3.8, 4) is 0 Å². The number of aromatic nitrogens is 3. The molecular formula is C50H58N6O4. The predicted molar refractivity (Wildman–Crippen MR) is 247 cm³/mol. The normalized spacial score (nSPS) is 9.40. The second-order valence-corrected chi connectivity index (χ2v) is 12.0. The van der Waals surface area contributed by atoms with E-state index in [1.54, 1.807) is 29.7 Å². The number of carbonyl (C=O) groups excluding carboxylic acids is 2. The van der Waals surface area contributed by atoms with E-state index in [1.165, 1.54) is 23.3 Å². The van der Waals surface area contributed by atoms with Crippen LogP contribution < -0.4 is 16.1 Å². The molecule has 0 aliphatic rings. The van der Waals surface area contributed by atoms with Gasteiger partial charge in [-0.2, -0.15) is 0 Å². The number of methoxy groups -OCH3 is 1. The van der Waals surface area contributed by atoms with Gasteiger partial charge in [-0.05, 0) is 85.9 Å². The smallest absolute Gasteiger partial charge is 0.337 e. The lowest BCUT2D eigenvalue weighted by Crippen LogP contribution is -2.18. The first-order valence-corrected chi connectivity index (χ1v) is 19.8. The van der Waals surface area contributed by atoms with Gasteiger partial charge in [-0.1, -0.05) is 125 Å². The molecule has 312 valence electrons. The molecule has 10 nitrogen and oxygen atoms in total. The van der Waals surface area contributed by atoms with Crippen LogP contribution in [0.3, 0.4) is 0 Å². The maximum atomic E-state index is 11.0. The first kappa shape index (κ1) is 49.3. The minimum atomic E-state index is -0.490. The van der Waals surface area contributed by atoms with Crippen LogP contribution in [-0.4, -0.2) is 53.2 Å². The zero-order valence-corrected chi connectivity index (χ0v) is 35.7. The Morgan fingerprint density at radius 2 is 0.800 bits per heavy atom. The second-order valence-electron chi connectivity index (χ2n) is 12.0. The van der Waals surface area contributed by atoms with Crippen LogP contribution in [-0.2, 0) is 17.8 Å². The number of amides is 1. The summed E-state index contributed by atoms with van der Waals surface area (Å²) < 4.78 is 4.58. The quantitative estimate of drug-likeness (QED) is 0.0735. The lowest BCUT2D eigenvalue weighted by atomic mass is 10.1. The molecule has 3 aromatic heterocycles. The van der Waals surface area contributed by atoms with Gasteiger partial charge in [0.15, 0.2) is 0 Å². The third kappa shape index (κ3) is 17.7. The fourth-order valence-corrected chi connectivity index (χ4v) is 5.17. The fraction of sp³-hybridized carbons (Fsp3) is 0.180. The Kier molecular flexibility index (Phi) is 24.9. The van der Waals surface area contributed by atoms with Crippen molar-refractivity contribution in [3.05, 3.63) is 199 Å². The van der Waals surface area contributed by atoms with Crippen LogP contribution in [0.25, 0.3) is 32.7 Å². The van der Waals surface area contributed by atoms with Gasteiger partial charge in [0.2, 0.25) is 0 Å². The molecule has 8 aromatic rings. The molecule has 3 heterocycles. The van der Waals surface area contributed by atoms with Crippen molar-refractivity contribution in [2.45, 2.75) is 40.8 Å². The molecule has 0 saturated heterocycles. The number of nitrogens with zero attached hydrogens (tertiary/aromatic N) is 3. The van der Waals surface area contributed by atoms with E-state index >= 15 is 0 Å². The van der Waals surface area contributed by atoms with Gasteiger partial charge in [0.25, 0.3) is 5.91 Å². The molecule has 0 bridgehead atoms. The third-order valence-electron chi connectivity index (χ3n) is 7.99. The van der Waals surface area contributed by atoms with E-state index in [4.69, 9.17) is 5.21 Å². The highest BCUT2D eigenvalue weighted by molar-refractivity contribution is 5.93. The molecule has 0 fully saturated rings. The Morgan fingerprint density at radius 1 is 0.483 bits per heavy atom. The zero-order valence-electron chi connectivity index (χ0n) is 35.7. The summed E-state index contributed by atoms with van der Waals surface area (Å²) >= 11 is 0. The highest BCUT2D eigenvalue weighted by Crippen LogP contribution is 2.10. The standard InChI is InChI=1S/C10H13NO2.C9H12N2O2.3C9H7N.2C2H6/c1-11-7-8-3-5-9(6-4-8)10(12)13-2;1-10-6-7-2-4-8(5-3-7)9(12)11-13;3*1-2-6-9-8(4-1)5-3-7-10-9;2*1-2/h3-6,11H,7H2,1-2H3;2-5,10,13H,6H2,1H3,(H,11,12);3*1-7H;2*1-2H3. The molecule has 5 aromatic carbocycles.